The average molecular weight is 997 g/mol. The van der Waals surface area contributed by atoms with Crippen LogP contribution in [0, 0.1) is 11.3 Å². The van der Waals surface area contributed by atoms with E-state index in [2.05, 4.69) is 257 Å². The molecule has 2 unspecified atom stereocenters. The predicted octanol–water partition coefficient (Wildman–Crippen LogP) is 19.0. The fourth-order valence-corrected chi connectivity index (χ4v) is 13.0. The minimum absolute atomic E-state index is 0.0179. The molecule has 5 heteroatoms. The zero-order valence-electron chi connectivity index (χ0n) is 44.7. The summed E-state index contributed by atoms with van der Waals surface area (Å²) >= 11 is 0. The quantitative estimate of drug-likeness (QED) is 0.155. The molecule has 9 aromatic carbocycles. The molecule has 14 rings (SSSR count). The van der Waals surface area contributed by atoms with E-state index in [1.807, 2.05) is 30.9 Å². The summed E-state index contributed by atoms with van der Waals surface area (Å²) in [6, 6.07) is 67.9. The normalized spacial score (nSPS) is 16.2. The first-order valence-corrected chi connectivity index (χ1v) is 27.1. The van der Waals surface area contributed by atoms with Crippen molar-refractivity contribution in [1.29, 1.82) is 0 Å². The van der Waals surface area contributed by atoms with E-state index < -0.39 is 5.41 Å². The average Bonchev–Trinajstić information content (AvgIpc) is 3.96. The molecule has 0 N–H and O–H groups in total. The van der Waals surface area contributed by atoms with Crippen molar-refractivity contribution in [2.75, 3.05) is 9.80 Å². The van der Waals surface area contributed by atoms with Crippen LogP contribution in [0.5, 0.6) is 11.5 Å². The van der Waals surface area contributed by atoms with Crippen molar-refractivity contribution in [1.82, 2.24) is 9.97 Å². The maximum absolute atomic E-state index is 7.33. The van der Waals surface area contributed by atoms with Gasteiger partial charge in [-0.05, 0) is 178 Å². The zero-order valence-corrected chi connectivity index (χ0v) is 44.7. The highest BCUT2D eigenvalue weighted by molar-refractivity contribution is 6.20. The first-order chi connectivity index (χ1) is 37.3. The molecule has 5 nitrogen and oxygen atoms in total. The predicted molar refractivity (Wildman–Crippen MR) is 321 cm³/mol. The van der Waals surface area contributed by atoms with Gasteiger partial charge in [0.2, 0.25) is 0 Å². The lowest BCUT2D eigenvalue weighted by Gasteiger charge is -2.41. The number of rotatable bonds is 6. The van der Waals surface area contributed by atoms with Crippen molar-refractivity contribution in [2.24, 2.45) is 11.3 Å². The zero-order chi connectivity index (χ0) is 52.4. The summed E-state index contributed by atoms with van der Waals surface area (Å²) in [5, 5.41) is 9.41. The Labute approximate surface area is 451 Å². The highest BCUT2D eigenvalue weighted by Gasteiger charge is 2.53. The van der Waals surface area contributed by atoms with Gasteiger partial charge in [0.1, 0.15) is 11.5 Å². The monoisotopic (exact) mass is 996 g/mol. The van der Waals surface area contributed by atoms with Crippen LogP contribution < -0.4 is 14.5 Å². The second kappa shape index (κ2) is 17.4. The van der Waals surface area contributed by atoms with Crippen LogP contribution >= 0.6 is 0 Å². The van der Waals surface area contributed by atoms with E-state index in [0.29, 0.717) is 0 Å². The smallest absolute Gasteiger partial charge is 0.132 e. The van der Waals surface area contributed by atoms with Gasteiger partial charge in [-0.15, -0.1) is 0 Å². The number of hydrogen-bond donors (Lipinski definition) is 0. The van der Waals surface area contributed by atoms with Gasteiger partial charge in [-0.2, -0.15) is 0 Å². The van der Waals surface area contributed by atoms with Crippen molar-refractivity contribution >= 4 is 71.5 Å². The number of ether oxygens (including phenoxy) is 1. The molecule has 3 aliphatic rings. The number of pyridine rings is 2. The molecule has 0 radical (unpaired) electrons. The van der Waals surface area contributed by atoms with Crippen LogP contribution in [0.25, 0.3) is 54.2 Å². The molecule has 77 heavy (non-hydrogen) atoms. The molecular formula is C72H60N4O. The molecule has 0 saturated heterocycles. The molecule has 1 aliphatic heterocycles. The molecule has 374 valence electrons. The van der Waals surface area contributed by atoms with E-state index in [1.165, 1.54) is 65.7 Å². The Morgan fingerprint density at radius 2 is 1.06 bits per heavy atom. The van der Waals surface area contributed by atoms with Gasteiger partial charge in [-0.25, -0.2) is 0 Å². The number of anilines is 5. The van der Waals surface area contributed by atoms with E-state index in [9.17, 15) is 0 Å². The van der Waals surface area contributed by atoms with E-state index in [1.54, 1.807) is 0 Å². The molecule has 2 aromatic heterocycles. The van der Waals surface area contributed by atoms with Crippen LogP contribution in [-0.4, -0.2) is 16.0 Å². The minimum Gasteiger partial charge on any atom is -0.457 e. The summed E-state index contributed by atoms with van der Waals surface area (Å²) in [4.78, 5) is 14.3. The van der Waals surface area contributed by atoms with Crippen molar-refractivity contribution in [3.63, 3.8) is 0 Å². The van der Waals surface area contributed by atoms with Gasteiger partial charge in [0, 0.05) is 40.6 Å². The standard InChI is InChI=1S/C72H60N4O/c1-45-36-51(71(5,6)7)26-33-65(45)76(56-21-15-35-74-44-56)54-30-32-60-62(42-54)72(63-37-46-16-8-10-18-48(46)39-66(63)77-67-40-49-19-11-9-17-47(49)38-64(67)72)69-59-31-29-53(41-61(59)57-22-12-13-23-58(57)68(60)69)75(55-20-14-34-73-43-55)52-27-24-50(25-28-52)70(2,3)4/h8-45,65H,1-7H3. The summed E-state index contributed by atoms with van der Waals surface area (Å²) in [5.74, 6) is 1.94. The third-order valence-corrected chi connectivity index (χ3v) is 16.8. The van der Waals surface area contributed by atoms with Crippen LogP contribution in [0.15, 0.2) is 231 Å². The van der Waals surface area contributed by atoms with Crippen LogP contribution in [0.3, 0.4) is 0 Å². The van der Waals surface area contributed by atoms with E-state index in [0.717, 1.165) is 61.8 Å². The topological polar surface area (TPSA) is 41.5 Å². The first-order valence-electron chi connectivity index (χ1n) is 27.1. The summed E-state index contributed by atoms with van der Waals surface area (Å²) in [6.45, 7) is 16.1. The number of aromatic nitrogens is 2. The van der Waals surface area contributed by atoms with Gasteiger partial charge in [0.15, 0.2) is 0 Å². The maximum atomic E-state index is 7.33. The highest BCUT2D eigenvalue weighted by atomic mass is 16.5. The molecule has 11 aromatic rings. The molecule has 0 amide bonds. The SMILES string of the molecule is CC1C=C(C(C)(C)C)C=CC1N(c1cccnc1)c1ccc2c(c1)C1(c3cc4ccccc4cc3Oc3cc4ccccc4cc31)c1c-2c2ccccc2c2cc(N(c3ccc(C(C)(C)C)cc3)c3cccnc3)ccc12. The molecular weight excluding hydrogens is 937 g/mol. The molecule has 2 aliphatic carbocycles. The van der Waals surface area contributed by atoms with Crippen LogP contribution in [-0.2, 0) is 10.8 Å². The Hall–Kier alpha value is -8.80. The van der Waals surface area contributed by atoms with Crippen molar-refractivity contribution < 1.29 is 4.74 Å². The summed E-state index contributed by atoms with van der Waals surface area (Å²) in [5.41, 5.74) is 14.3. The van der Waals surface area contributed by atoms with Gasteiger partial charge in [0.05, 0.1) is 35.2 Å². The highest BCUT2D eigenvalue weighted by Crippen LogP contribution is 2.66. The molecule has 1 spiro atoms. The number of nitrogens with zero attached hydrogens (tertiary/aromatic N) is 4. The third kappa shape index (κ3) is 7.35. The third-order valence-electron chi connectivity index (χ3n) is 16.8. The number of hydrogen-bond acceptors (Lipinski definition) is 5. The van der Waals surface area contributed by atoms with Crippen molar-refractivity contribution in [3.8, 4) is 22.6 Å². The molecule has 2 atom stereocenters. The minimum atomic E-state index is -0.846. The lowest BCUT2D eigenvalue weighted by molar-refractivity contribution is 0.438. The fraction of sp³-hybridized carbons (Fsp3) is 0.167. The Morgan fingerprint density at radius 3 is 1.66 bits per heavy atom. The van der Waals surface area contributed by atoms with Crippen LogP contribution in [0.2, 0.25) is 0 Å². The fourth-order valence-electron chi connectivity index (χ4n) is 13.0. The molecule has 0 bridgehead atoms. The summed E-state index contributed by atoms with van der Waals surface area (Å²) in [6.07, 6.45) is 15.0. The van der Waals surface area contributed by atoms with Crippen LogP contribution in [0.4, 0.5) is 28.4 Å². The van der Waals surface area contributed by atoms with E-state index in [-0.39, 0.29) is 22.8 Å². The largest absolute Gasteiger partial charge is 0.457 e. The molecule has 0 fully saturated rings. The summed E-state index contributed by atoms with van der Waals surface area (Å²) in [7, 11) is 0. The van der Waals surface area contributed by atoms with Gasteiger partial charge in [0.25, 0.3) is 0 Å². The maximum Gasteiger partial charge on any atom is 0.132 e. The first kappa shape index (κ1) is 46.7. The number of allylic oxidation sites excluding steroid dienone is 2. The lowest BCUT2D eigenvalue weighted by Crippen LogP contribution is -2.37. The second-order valence-corrected chi connectivity index (χ2v) is 23.5. The Balaban J connectivity index is 1.10. The van der Waals surface area contributed by atoms with Gasteiger partial charge in [-0.3, -0.25) is 9.97 Å². The Kier molecular flexibility index (Phi) is 10.5. The number of fused-ring (bicyclic) bond motifs is 16. The van der Waals surface area contributed by atoms with E-state index in [4.69, 9.17) is 9.72 Å². The van der Waals surface area contributed by atoms with Crippen LogP contribution in [0.1, 0.15) is 76.3 Å². The molecule has 0 saturated carbocycles. The molecule has 3 heterocycles. The van der Waals surface area contributed by atoms with E-state index >= 15 is 0 Å². The summed E-state index contributed by atoms with van der Waals surface area (Å²) < 4.78 is 7.33. The van der Waals surface area contributed by atoms with Gasteiger partial charge < -0.3 is 14.5 Å². The lowest BCUT2D eigenvalue weighted by atomic mass is 9.64. The van der Waals surface area contributed by atoms with Gasteiger partial charge >= 0.3 is 0 Å². The van der Waals surface area contributed by atoms with Gasteiger partial charge in [-0.1, -0.05) is 164 Å². The van der Waals surface area contributed by atoms with Crippen molar-refractivity contribution in [2.45, 2.75) is 65.3 Å². The van der Waals surface area contributed by atoms with Crippen molar-refractivity contribution in [3.05, 3.63) is 258 Å². The Bertz CT molecular complexity index is 4150. The number of benzene rings is 9. The second-order valence-electron chi connectivity index (χ2n) is 23.5. The Morgan fingerprint density at radius 1 is 0.481 bits per heavy atom.